The summed E-state index contributed by atoms with van der Waals surface area (Å²) < 4.78 is 5.65. The highest BCUT2D eigenvalue weighted by Gasteiger charge is 2.02. The minimum Gasteiger partial charge on any atom is -0.493 e. The van der Waals surface area contributed by atoms with Crippen molar-refractivity contribution in [1.82, 2.24) is 0 Å². The second kappa shape index (κ2) is 8.49. The lowest BCUT2D eigenvalue weighted by Gasteiger charge is -2.07. The summed E-state index contributed by atoms with van der Waals surface area (Å²) in [4.78, 5) is 11.8. The molecule has 1 amide bonds. The highest BCUT2D eigenvalue weighted by molar-refractivity contribution is 7.99. The topological polar surface area (TPSA) is 38.3 Å². The van der Waals surface area contributed by atoms with Crippen molar-refractivity contribution in [3.63, 3.8) is 0 Å². The van der Waals surface area contributed by atoms with Gasteiger partial charge in [0.25, 0.3) is 0 Å². The first kappa shape index (κ1) is 16.4. The van der Waals surface area contributed by atoms with Crippen LogP contribution in [-0.4, -0.2) is 24.0 Å². The molecule has 0 aliphatic carbocycles. The van der Waals surface area contributed by atoms with Crippen LogP contribution in [0.25, 0.3) is 0 Å². The van der Waals surface area contributed by atoms with Gasteiger partial charge in [0.1, 0.15) is 5.75 Å². The van der Waals surface area contributed by atoms with Crippen molar-refractivity contribution < 1.29 is 9.53 Å². The number of carbonyl (C=O) groups is 1. The molecule has 0 aromatic heterocycles. The molecule has 4 heteroatoms. The van der Waals surface area contributed by atoms with Crippen LogP contribution < -0.4 is 10.1 Å². The number of thioether (sulfide) groups is 1. The molecule has 0 aliphatic rings. The summed E-state index contributed by atoms with van der Waals surface area (Å²) >= 11 is 1.57. The Morgan fingerprint density at radius 2 is 1.86 bits per heavy atom. The van der Waals surface area contributed by atoms with Crippen LogP contribution in [-0.2, 0) is 4.79 Å². The molecule has 1 N–H and O–H groups in total. The van der Waals surface area contributed by atoms with Gasteiger partial charge in [-0.05, 0) is 43.7 Å². The third-order valence-corrected chi connectivity index (χ3v) is 3.98. The van der Waals surface area contributed by atoms with E-state index >= 15 is 0 Å². The van der Waals surface area contributed by atoms with Crippen molar-refractivity contribution in [3.8, 4) is 5.75 Å². The van der Waals surface area contributed by atoms with Gasteiger partial charge in [0.05, 0.1) is 12.4 Å². The molecule has 2 aromatic carbocycles. The molecule has 0 unspecified atom stereocenters. The highest BCUT2D eigenvalue weighted by atomic mass is 32.2. The minimum absolute atomic E-state index is 0.0180. The second-order valence-corrected chi connectivity index (χ2v) is 6.24. The Bertz CT molecular complexity index is 611. The van der Waals surface area contributed by atoms with Gasteiger partial charge in [0.15, 0.2) is 0 Å². The number of nitrogens with one attached hydrogen (secondary N) is 1. The molecule has 0 saturated carbocycles. The van der Waals surface area contributed by atoms with Crippen molar-refractivity contribution in [1.29, 1.82) is 0 Å². The van der Waals surface area contributed by atoms with E-state index < -0.39 is 0 Å². The first-order valence-electron chi connectivity index (χ1n) is 7.27. The summed E-state index contributed by atoms with van der Waals surface area (Å²) in [6.07, 6.45) is 0. The van der Waals surface area contributed by atoms with E-state index in [1.54, 1.807) is 11.8 Å². The van der Waals surface area contributed by atoms with E-state index in [0.29, 0.717) is 12.4 Å². The van der Waals surface area contributed by atoms with Gasteiger partial charge in [-0.15, -0.1) is 11.8 Å². The summed E-state index contributed by atoms with van der Waals surface area (Å²) in [5, 5.41) is 2.88. The van der Waals surface area contributed by atoms with Gasteiger partial charge in [-0.2, -0.15) is 0 Å². The van der Waals surface area contributed by atoms with Crippen LogP contribution in [0.15, 0.2) is 48.5 Å². The monoisotopic (exact) mass is 315 g/mol. The molecule has 2 aromatic rings. The smallest absolute Gasteiger partial charge is 0.234 e. The Morgan fingerprint density at radius 3 is 2.59 bits per heavy atom. The minimum atomic E-state index is 0.0180. The molecule has 0 spiro atoms. The van der Waals surface area contributed by atoms with E-state index in [1.165, 1.54) is 11.1 Å². The number of anilines is 1. The standard InChI is InChI=1S/C18H21NO2S/c1-14-6-8-16(9-7-14)19-18(20)13-22-11-10-21-17-5-3-4-15(2)12-17/h3-9,12H,10-11,13H2,1-2H3,(H,19,20). The van der Waals surface area contributed by atoms with Gasteiger partial charge in [-0.3, -0.25) is 4.79 Å². The lowest BCUT2D eigenvalue weighted by Crippen LogP contribution is -2.15. The summed E-state index contributed by atoms with van der Waals surface area (Å²) in [5.41, 5.74) is 3.20. The zero-order chi connectivity index (χ0) is 15.8. The van der Waals surface area contributed by atoms with E-state index in [4.69, 9.17) is 4.74 Å². The number of ether oxygens (including phenoxy) is 1. The molecule has 0 bridgehead atoms. The number of amides is 1. The Balaban J connectivity index is 1.62. The number of rotatable bonds is 7. The van der Waals surface area contributed by atoms with Crippen LogP contribution in [0.5, 0.6) is 5.75 Å². The van der Waals surface area contributed by atoms with Crippen LogP contribution in [0.1, 0.15) is 11.1 Å². The lowest BCUT2D eigenvalue weighted by molar-refractivity contribution is -0.113. The fraction of sp³-hybridized carbons (Fsp3) is 0.278. The Morgan fingerprint density at radius 1 is 1.09 bits per heavy atom. The van der Waals surface area contributed by atoms with Crippen LogP contribution in [0.4, 0.5) is 5.69 Å². The predicted octanol–water partition coefficient (Wildman–Crippen LogP) is 4.05. The van der Waals surface area contributed by atoms with E-state index in [0.717, 1.165) is 17.2 Å². The number of benzene rings is 2. The molecule has 0 radical (unpaired) electrons. The molecule has 0 atom stereocenters. The van der Waals surface area contributed by atoms with Crippen molar-refractivity contribution in [3.05, 3.63) is 59.7 Å². The predicted molar refractivity (Wildman–Crippen MR) is 93.8 cm³/mol. The molecule has 0 fully saturated rings. The van der Waals surface area contributed by atoms with Crippen molar-refractivity contribution in [2.75, 3.05) is 23.4 Å². The Labute approximate surface area is 136 Å². The number of hydrogen-bond donors (Lipinski definition) is 1. The molecule has 2 rings (SSSR count). The maximum absolute atomic E-state index is 11.8. The first-order chi connectivity index (χ1) is 10.6. The lowest BCUT2D eigenvalue weighted by atomic mass is 10.2. The molecular weight excluding hydrogens is 294 g/mol. The number of hydrogen-bond acceptors (Lipinski definition) is 3. The van der Waals surface area contributed by atoms with Gasteiger partial charge < -0.3 is 10.1 Å². The molecule has 116 valence electrons. The van der Waals surface area contributed by atoms with E-state index in [9.17, 15) is 4.79 Å². The number of aryl methyl sites for hydroxylation is 2. The molecular formula is C18H21NO2S. The molecule has 22 heavy (non-hydrogen) atoms. The van der Waals surface area contributed by atoms with Gasteiger partial charge in [-0.1, -0.05) is 29.8 Å². The third kappa shape index (κ3) is 5.82. The zero-order valence-electron chi connectivity index (χ0n) is 13.0. The SMILES string of the molecule is Cc1ccc(NC(=O)CSCCOc2cccc(C)c2)cc1. The van der Waals surface area contributed by atoms with Gasteiger partial charge >= 0.3 is 0 Å². The fourth-order valence-electron chi connectivity index (χ4n) is 1.92. The maximum Gasteiger partial charge on any atom is 0.234 e. The van der Waals surface area contributed by atoms with Crippen molar-refractivity contribution in [2.24, 2.45) is 0 Å². The summed E-state index contributed by atoms with van der Waals surface area (Å²) in [6, 6.07) is 15.8. The van der Waals surface area contributed by atoms with Crippen LogP contribution in [0, 0.1) is 13.8 Å². The maximum atomic E-state index is 11.8. The zero-order valence-corrected chi connectivity index (χ0v) is 13.8. The van der Waals surface area contributed by atoms with Gasteiger partial charge in [0.2, 0.25) is 5.91 Å². The Kier molecular flexibility index (Phi) is 6.34. The second-order valence-electron chi connectivity index (χ2n) is 5.13. The van der Waals surface area contributed by atoms with Crippen LogP contribution >= 0.6 is 11.8 Å². The summed E-state index contributed by atoms with van der Waals surface area (Å²) in [5.74, 6) is 2.12. The first-order valence-corrected chi connectivity index (χ1v) is 8.43. The van der Waals surface area contributed by atoms with E-state index in [-0.39, 0.29) is 5.91 Å². The van der Waals surface area contributed by atoms with E-state index in [2.05, 4.69) is 5.32 Å². The third-order valence-electron chi connectivity index (χ3n) is 3.05. The molecule has 0 saturated heterocycles. The van der Waals surface area contributed by atoms with Gasteiger partial charge in [-0.25, -0.2) is 0 Å². The molecule has 0 aliphatic heterocycles. The fourth-order valence-corrected chi connectivity index (χ4v) is 2.53. The normalized spacial score (nSPS) is 10.3. The van der Waals surface area contributed by atoms with Crippen molar-refractivity contribution in [2.45, 2.75) is 13.8 Å². The highest BCUT2D eigenvalue weighted by Crippen LogP contribution is 2.13. The molecule has 3 nitrogen and oxygen atoms in total. The summed E-state index contributed by atoms with van der Waals surface area (Å²) in [6.45, 7) is 4.67. The Hall–Kier alpha value is -1.94. The van der Waals surface area contributed by atoms with Crippen LogP contribution in [0.2, 0.25) is 0 Å². The van der Waals surface area contributed by atoms with E-state index in [1.807, 2.05) is 62.4 Å². The van der Waals surface area contributed by atoms with Gasteiger partial charge in [0, 0.05) is 11.4 Å². The number of carbonyl (C=O) groups excluding carboxylic acids is 1. The van der Waals surface area contributed by atoms with Crippen LogP contribution in [0.3, 0.4) is 0 Å². The average Bonchev–Trinajstić information content (AvgIpc) is 2.49. The largest absolute Gasteiger partial charge is 0.493 e. The summed E-state index contributed by atoms with van der Waals surface area (Å²) in [7, 11) is 0. The van der Waals surface area contributed by atoms with Crippen molar-refractivity contribution >= 4 is 23.4 Å². The average molecular weight is 315 g/mol. The quantitative estimate of drug-likeness (QED) is 0.783. The molecule has 0 heterocycles.